The van der Waals surface area contributed by atoms with Gasteiger partial charge in [-0.25, -0.2) is 0 Å². The van der Waals surface area contributed by atoms with E-state index < -0.39 is 0 Å². The van der Waals surface area contributed by atoms with E-state index in [0.717, 1.165) is 24.2 Å². The zero-order chi connectivity index (χ0) is 25.2. The molecule has 1 rings (SSSR count). The van der Waals surface area contributed by atoms with Crippen LogP contribution in [0, 0.1) is 23.7 Å². The van der Waals surface area contributed by atoms with Crippen molar-refractivity contribution in [2.75, 3.05) is 32.1 Å². The smallest absolute Gasteiger partial charge is 0.251 e. The maximum atomic E-state index is 12.4. The van der Waals surface area contributed by atoms with Crippen molar-refractivity contribution in [3.63, 3.8) is 0 Å². The molecule has 1 N–H and O–H groups in total. The van der Waals surface area contributed by atoms with Gasteiger partial charge in [-0.05, 0) is 36.5 Å². The normalized spacial score (nSPS) is 11.9. The Hall–Kier alpha value is -1.46. The average molecular weight is 508 g/mol. The Morgan fingerprint density at radius 2 is 1.82 bits per heavy atom. The Kier molecular flexibility index (Phi) is 16.9. The Labute approximate surface area is 214 Å². The number of hydrogen-bond acceptors (Lipinski definition) is 6. The third-order valence-corrected chi connectivity index (χ3v) is 7.24. The molecular weight excluding hydrogens is 466 g/mol. The Morgan fingerprint density at radius 1 is 1.09 bits per heavy atom. The number of benzene rings is 1. The van der Waals surface area contributed by atoms with Crippen molar-refractivity contribution < 1.29 is 19.1 Å². The summed E-state index contributed by atoms with van der Waals surface area (Å²) in [5.41, 5.74) is 1.49. The van der Waals surface area contributed by atoms with Crippen molar-refractivity contribution in [1.29, 1.82) is 0 Å². The molecule has 34 heavy (non-hydrogen) atoms. The summed E-state index contributed by atoms with van der Waals surface area (Å²) in [5, 5.41) is 2.98. The first kappa shape index (κ1) is 30.6. The van der Waals surface area contributed by atoms with E-state index in [4.69, 9.17) is 9.47 Å². The summed E-state index contributed by atoms with van der Waals surface area (Å²) in [6, 6.07) is 7.58. The molecule has 0 spiro atoms. The van der Waals surface area contributed by atoms with Gasteiger partial charge in [0.2, 0.25) is 0 Å². The number of carbonyl (C=O) groups excluding carboxylic acids is 2. The number of amides is 1. The van der Waals surface area contributed by atoms with Gasteiger partial charge in [0, 0.05) is 36.6 Å². The molecule has 1 aromatic carbocycles. The van der Waals surface area contributed by atoms with Crippen molar-refractivity contribution in [3.05, 3.63) is 35.4 Å². The van der Waals surface area contributed by atoms with E-state index in [1.165, 1.54) is 0 Å². The first-order valence-corrected chi connectivity index (χ1v) is 14.6. The summed E-state index contributed by atoms with van der Waals surface area (Å²) < 4.78 is 11.5. The summed E-state index contributed by atoms with van der Waals surface area (Å²) in [5.74, 6) is 8.02. The topological polar surface area (TPSA) is 64.6 Å². The molecule has 0 fully saturated rings. The molecule has 0 saturated heterocycles. The highest BCUT2D eigenvalue weighted by Gasteiger charge is 2.14. The van der Waals surface area contributed by atoms with Crippen LogP contribution in [0.4, 0.5) is 0 Å². The second-order valence-electron chi connectivity index (χ2n) is 8.69. The summed E-state index contributed by atoms with van der Waals surface area (Å²) in [6.07, 6.45) is 3.09. The zero-order valence-electron chi connectivity index (χ0n) is 21.4. The number of hydrogen-bond donors (Lipinski definition) is 1. The molecule has 0 aliphatic heterocycles. The molecule has 5 nitrogen and oxygen atoms in total. The van der Waals surface area contributed by atoms with Gasteiger partial charge in [-0.15, -0.1) is 11.8 Å². The minimum atomic E-state index is -0.168. The van der Waals surface area contributed by atoms with Crippen molar-refractivity contribution in [2.24, 2.45) is 11.8 Å². The Bertz CT molecular complexity index is 769. The quantitative estimate of drug-likeness (QED) is 0.116. The molecule has 0 saturated carbocycles. The van der Waals surface area contributed by atoms with Gasteiger partial charge >= 0.3 is 0 Å². The van der Waals surface area contributed by atoms with E-state index in [0.29, 0.717) is 50.0 Å². The molecule has 0 aromatic heterocycles. The lowest BCUT2D eigenvalue weighted by molar-refractivity contribution is -0.124. The van der Waals surface area contributed by atoms with Crippen LogP contribution >= 0.6 is 21.6 Å². The van der Waals surface area contributed by atoms with Gasteiger partial charge < -0.3 is 14.8 Å². The van der Waals surface area contributed by atoms with Crippen molar-refractivity contribution in [3.8, 4) is 11.8 Å². The summed E-state index contributed by atoms with van der Waals surface area (Å²) in [4.78, 5) is 24.2. The molecule has 1 atom stereocenters. The molecule has 1 amide bonds. The Balaban J connectivity index is 2.43. The molecule has 7 heteroatoms. The fourth-order valence-electron chi connectivity index (χ4n) is 2.87. The maximum absolute atomic E-state index is 12.4. The molecule has 190 valence electrons. The fraction of sp³-hybridized carbons (Fsp3) is 0.630. The predicted octanol–water partition coefficient (Wildman–Crippen LogP) is 6.29. The van der Waals surface area contributed by atoms with Crippen LogP contribution in [0.1, 0.15) is 81.7 Å². The van der Waals surface area contributed by atoms with Crippen LogP contribution in [0.25, 0.3) is 0 Å². The van der Waals surface area contributed by atoms with Gasteiger partial charge in [0.1, 0.15) is 12.0 Å². The van der Waals surface area contributed by atoms with Crippen LogP contribution in [-0.2, 0) is 14.3 Å². The first-order valence-electron chi connectivity index (χ1n) is 12.2. The van der Waals surface area contributed by atoms with Gasteiger partial charge in [-0.1, -0.05) is 68.3 Å². The molecule has 1 aromatic rings. The van der Waals surface area contributed by atoms with Gasteiger partial charge in [0.15, 0.2) is 5.78 Å². The van der Waals surface area contributed by atoms with Crippen LogP contribution in [0.3, 0.4) is 0 Å². The standard InChI is InChI=1S/C27H41NO4S2/c1-6-33-34-27(32-19-18-31-20-25(29)12-8-7-10-21(2)3)24-15-13-23(14-16-24)26(30)28-17-9-11-22(4)5/h13-16,21-22,27H,6,8-9,11-12,17-20H2,1-5H3,(H,28,30). The minimum absolute atomic E-state index is 0.0448. The fourth-order valence-corrected chi connectivity index (χ4v) is 4.82. The number of Topliss-reactive ketones (excluding diaryl/α,β-unsaturated/α-hetero) is 1. The number of nitrogens with one attached hydrogen (secondary N) is 1. The lowest BCUT2D eigenvalue weighted by atomic mass is 10.1. The molecule has 0 bridgehead atoms. The highest BCUT2D eigenvalue weighted by atomic mass is 33.1. The van der Waals surface area contributed by atoms with Gasteiger partial charge in [-0.2, -0.15) is 0 Å². The summed E-state index contributed by atoms with van der Waals surface area (Å²) in [6.45, 7) is 12.1. The molecule has 0 aliphatic rings. The minimum Gasteiger partial charge on any atom is -0.371 e. The highest BCUT2D eigenvalue weighted by Crippen LogP contribution is 2.38. The van der Waals surface area contributed by atoms with Crippen molar-refractivity contribution in [1.82, 2.24) is 5.32 Å². The lowest BCUT2D eigenvalue weighted by Crippen LogP contribution is -2.24. The van der Waals surface area contributed by atoms with Crippen LogP contribution < -0.4 is 5.32 Å². The molecular formula is C27H41NO4S2. The lowest BCUT2D eigenvalue weighted by Gasteiger charge is -2.17. The SMILES string of the molecule is CCSSC(OCCOCC(=O)CCC#CC(C)C)c1ccc(C(=O)NCCCC(C)C)cc1. The second kappa shape index (κ2) is 18.8. The summed E-state index contributed by atoms with van der Waals surface area (Å²) in [7, 11) is 3.37. The van der Waals surface area contributed by atoms with Gasteiger partial charge in [0.25, 0.3) is 5.91 Å². The third kappa shape index (κ3) is 14.7. The largest absolute Gasteiger partial charge is 0.371 e. The highest BCUT2D eigenvalue weighted by molar-refractivity contribution is 8.76. The third-order valence-electron chi connectivity index (χ3n) is 4.64. The molecule has 1 unspecified atom stereocenters. The van der Waals surface area contributed by atoms with Crippen LogP contribution in [0.5, 0.6) is 0 Å². The number of ketones is 1. The van der Waals surface area contributed by atoms with E-state index in [9.17, 15) is 9.59 Å². The Morgan fingerprint density at radius 3 is 2.47 bits per heavy atom. The molecule has 0 radical (unpaired) electrons. The van der Waals surface area contributed by atoms with Crippen LogP contribution in [0.15, 0.2) is 24.3 Å². The number of rotatable bonds is 17. The van der Waals surface area contributed by atoms with E-state index in [1.54, 1.807) is 21.6 Å². The van der Waals surface area contributed by atoms with Crippen LogP contribution in [-0.4, -0.2) is 43.8 Å². The first-order chi connectivity index (χ1) is 16.3. The van der Waals surface area contributed by atoms with Gasteiger partial charge in [-0.3, -0.25) is 9.59 Å². The average Bonchev–Trinajstić information content (AvgIpc) is 2.81. The number of carbonyl (C=O) groups is 2. The second-order valence-corrected chi connectivity index (χ2v) is 11.4. The van der Waals surface area contributed by atoms with E-state index in [-0.39, 0.29) is 23.7 Å². The van der Waals surface area contributed by atoms with Crippen molar-refractivity contribution in [2.45, 2.75) is 65.7 Å². The van der Waals surface area contributed by atoms with Gasteiger partial charge in [0.05, 0.1) is 13.2 Å². The van der Waals surface area contributed by atoms with Crippen molar-refractivity contribution >= 4 is 33.3 Å². The monoisotopic (exact) mass is 507 g/mol. The molecule has 0 heterocycles. The maximum Gasteiger partial charge on any atom is 0.251 e. The van der Waals surface area contributed by atoms with E-state index >= 15 is 0 Å². The zero-order valence-corrected chi connectivity index (χ0v) is 23.0. The predicted molar refractivity (Wildman–Crippen MR) is 145 cm³/mol. The van der Waals surface area contributed by atoms with E-state index in [1.807, 2.05) is 38.1 Å². The van der Waals surface area contributed by atoms with Crippen LogP contribution in [0.2, 0.25) is 0 Å². The number of ether oxygens (including phenoxy) is 2. The molecule has 0 aliphatic carbocycles. The summed E-state index contributed by atoms with van der Waals surface area (Å²) >= 11 is 0. The van der Waals surface area contributed by atoms with E-state index in [2.05, 4.69) is 37.9 Å².